The van der Waals surface area contributed by atoms with Gasteiger partial charge in [0, 0.05) is 19.8 Å². The van der Waals surface area contributed by atoms with Gasteiger partial charge in [0.15, 0.2) is 0 Å². The monoisotopic (exact) mass is 251 g/mol. The molecule has 2 unspecified atom stereocenters. The van der Waals surface area contributed by atoms with Crippen LogP contribution in [0, 0.1) is 0 Å². The molecule has 2 atom stereocenters. The van der Waals surface area contributed by atoms with E-state index < -0.39 is 6.10 Å². The lowest BCUT2D eigenvalue weighted by molar-refractivity contribution is 0.141. The van der Waals surface area contributed by atoms with E-state index in [2.05, 4.69) is 26.0 Å². The SMILES string of the molecule is COCCC(N)CC(O)c1ccc(C(C)C)cc1. The molecule has 0 amide bonds. The summed E-state index contributed by atoms with van der Waals surface area (Å²) in [4.78, 5) is 0. The quantitative estimate of drug-likeness (QED) is 0.783. The third-order valence-electron chi connectivity index (χ3n) is 3.21. The van der Waals surface area contributed by atoms with Crippen molar-refractivity contribution in [2.75, 3.05) is 13.7 Å². The van der Waals surface area contributed by atoms with Crippen molar-refractivity contribution in [2.45, 2.75) is 44.8 Å². The highest BCUT2D eigenvalue weighted by atomic mass is 16.5. The van der Waals surface area contributed by atoms with Gasteiger partial charge in [-0.2, -0.15) is 0 Å². The molecule has 0 aliphatic rings. The summed E-state index contributed by atoms with van der Waals surface area (Å²) < 4.78 is 4.98. The van der Waals surface area contributed by atoms with Crippen LogP contribution in [0.1, 0.15) is 49.8 Å². The molecule has 1 rings (SSSR count). The van der Waals surface area contributed by atoms with Crippen LogP contribution in [0.2, 0.25) is 0 Å². The number of benzene rings is 1. The molecule has 1 aromatic rings. The molecule has 0 saturated carbocycles. The Morgan fingerprint density at radius 3 is 2.22 bits per heavy atom. The lowest BCUT2D eigenvalue weighted by atomic mass is 9.97. The lowest BCUT2D eigenvalue weighted by Crippen LogP contribution is -2.24. The average Bonchev–Trinajstić information content (AvgIpc) is 2.36. The smallest absolute Gasteiger partial charge is 0.0804 e. The molecule has 0 heterocycles. The molecule has 18 heavy (non-hydrogen) atoms. The van der Waals surface area contributed by atoms with Crippen LogP contribution in [0.25, 0.3) is 0 Å². The molecule has 102 valence electrons. The Hall–Kier alpha value is -0.900. The molecule has 0 fully saturated rings. The highest BCUT2D eigenvalue weighted by molar-refractivity contribution is 5.26. The molecule has 3 N–H and O–H groups in total. The van der Waals surface area contributed by atoms with Crippen molar-refractivity contribution in [1.29, 1.82) is 0 Å². The van der Waals surface area contributed by atoms with Crippen LogP contribution in [-0.4, -0.2) is 24.9 Å². The summed E-state index contributed by atoms with van der Waals surface area (Å²) in [6, 6.07) is 8.10. The third-order valence-corrected chi connectivity index (χ3v) is 3.21. The molecule has 0 radical (unpaired) electrons. The van der Waals surface area contributed by atoms with E-state index in [9.17, 15) is 5.11 Å². The van der Waals surface area contributed by atoms with Crippen molar-refractivity contribution < 1.29 is 9.84 Å². The fraction of sp³-hybridized carbons (Fsp3) is 0.600. The zero-order valence-electron chi connectivity index (χ0n) is 11.6. The number of ether oxygens (including phenoxy) is 1. The van der Waals surface area contributed by atoms with Crippen molar-refractivity contribution in [2.24, 2.45) is 5.73 Å². The largest absolute Gasteiger partial charge is 0.388 e. The van der Waals surface area contributed by atoms with Gasteiger partial charge in [-0.15, -0.1) is 0 Å². The molecule has 0 bridgehead atoms. The van der Waals surface area contributed by atoms with E-state index in [0.717, 1.165) is 12.0 Å². The molecule has 0 saturated heterocycles. The first-order valence-corrected chi connectivity index (χ1v) is 6.57. The first-order valence-electron chi connectivity index (χ1n) is 6.57. The Balaban J connectivity index is 2.53. The Labute approximate surface area is 110 Å². The maximum absolute atomic E-state index is 10.1. The Morgan fingerprint density at radius 2 is 1.72 bits per heavy atom. The minimum atomic E-state index is -0.488. The Kier molecular flexibility index (Phi) is 6.33. The van der Waals surface area contributed by atoms with Crippen LogP contribution >= 0.6 is 0 Å². The molecule has 0 spiro atoms. The first kappa shape index (κ1) is 15.2. The van der Waals surface area contributed by atoms with Gasteiger partial charge in [-0.3, -0.25) is 0 Å². The normalized spacial score (nSPS) is 14.8. The van der Waals surface area contributed by atoms with Gasteiger partial charge in [-0.1, -0.05) is 38.1 Å². The molecular formula is C15H25NO2. The number of methoxy groups -OCH3 is 1. The maximum atomic E-state index is 10.1. The predicted octanol–water partition coefficient (Wildman–Crippen LogP) is 2.60. The standard InChI is InChI=1S/C15H25NO2/c1-11(2)12-4-6-13(7-5-12)15(17)10-14(16)8-9-18-3/h4-7,11,14-15,17H,8-10,16H2,1-3H3. The summed E-state index contributed by atoms with van der Waals surface area (Å²) in [7, 11) is 1.66. The van der Waals surface area contributed by atoms with Crippen molar-refractivity contribution in [3.05, 3.63) is 35.4 Å². The average molecular weight is 251 g/mol. The topological polar surface area (TPSA) is 55.5 Å². The highest BCUT2D eigenvalue weighted by Gasteiger charge is 2.13. The zero-order valence-corrected chi connectivity index (χ0v) is 11.6. The van der Waals surface area contributed by atoms with Gasteiger partial charge in [-0.05, 0) is 29.9 Å². The molecule has 0 aromatic heterocycles. The van der Waals surface area contributed by atoms with Gasteiger partial charge >= 0.3 is 0 Å². The van der Waals surface area contributed by atoms with E-state index in [0.29, 0.717) is 18.9 Å². The Morgan fingerprint density at radius 1 is 1.17 bits per heavy atom. The lowest BCUT2D eigenvalue weighted by Gasteiger charge is -2.17. The number of hydrogen-bond acceptors (Lipinski definition) is 3. The molecular weight excluding hydrogens is 226 g/mol. The molecule has 3 heteroatoms. The van der Waals surface area contributed by atoms with Crippen LogP contribution in [0.4, 0.5) is 0 Å². The van der Waals surface area contributed by atoms with Crippen molar-refractivity contribution in [3.63, 3.8) is 0 Å². The number of rotatable bonds is 7. The second kappa shape index (κ2) is 7.52. The van der Waals surface area contributed by atoms with Crippen molar-refractivity contribution in [3.8, 4) is 0 Å². The maximum Gasteiger partial charge on any atom is 0.0804 e. The first-order chi connectivity index (χ1) is 8.54. The summed E-state index contributed by atoms with van der Waals surface area (Å²) in [5.74, 6) is 0.514. The fourth-order valence-corrected chi connectivity index (χ4v) is 1.91. The van der Waals surface area contributed by atoms with E-state index in [1.807, 2.05) is 12.1 Å². The summed E-state index contributed by atoms with van der Waals surface area (Å²) >= 11 is 0. The Bertz CT molecular complexity index is 335. The van der Waals surface area contributed by atoms with Gasteiger partial charge in [0.1, 0.15) is 0 Å². The summed E-state index contributed by atoms with van der Waals surface area (Å²) in [6.07, 6.45) is 0.861. The predicted molar refractivity (Wildman–Crippen MR) is 74.6 cm³/mol. The van der Waals surface area contributed by atoms with E-state index >= 15 is 0 Å². The van der Waals surface area contributed by atoms with E-state index in [-0.39, 0.29) is 6.04 Å². The van der Waals surface area contributed by atoms with Crippen LogP contribution < -0.4 is 5.73 Å². The number of aliphatic hydroxyl groups excluding tert-OH is 1. The molecule has 3 nitrogen and oxygen atoms in total. The second-order valence-electron chi connectivity index (χ2n) is 5.11. The van der Waals surface area contributed by atoms with Crippen LogP contribution in [0.5, 0.6) is 0 Å². The minimum absolute atomic E-state index is 0.0234. The highest BCUT2D eigenvalue weighted by Crippen LogP contribution is 2.21. The van der Waals surface area contributed by atoms with Crippen LogP contribution in [-0.2, 0) is 4.74 Å². The third kappa shape index (κ3) is 4.77. The minimum Gasteiger partial charge on any atom is -0.388 e. The summed E-state index contributed by atoms with van der Waals surface area (Å²) in [5.41, 5.74) is 8.16. The van der Waals surface area contributed by atoms with E-state index in [4.69, 9.17) is 10.5 Å². The van der Waals surface area contributed by atoms with Crippen molar-refractivity contribution in [1.82, 2.24) is 0 Å². The van der Waals surface area contributed by atoms with Crippen LogP contribution in [0.3, 0.4) is 0 Å². The molecule has 0 aliphatic carbocycles. The fourth-order valence-electron chi connectivity index (χ4n) is 1.91. The van der Waals surface area contributed by atoms with Gasteiger partial charge in [0.05, 0.1) is 6.10 Å². The van der Waals surface area contributed by atoms with Crippen molar-refractivity contribution >= 4 is 0 Å². The van der Waals surface area contributed by atoms with Crippen LogP contribution in [0.15, 0.2) is 24.3 Å². The molecule has 0 aliphatic heterocycles. The summed E-state index contributed by atoms with van der Waals surface area (Å²) in [5, 5.41) is 10.1. The van der Waals surface area contributed by atoms with Gasteiger partial charge in [-0.25, -0.2) is 0 Å². The summed E-state index contributed by atoms with van der Waals surface area (Å²) in [6.45, 7) is 4.96. The molecule has 1 aromatic carbocycles. The zero-order chi connectivity index (χ0) is 13.5. The van der Waals surface area contributed by atoms with Gasteiger partial charge in [0.25, 0.3) is 0 Å². The van der Waals surface area contributed by atoms with Gasteiger partial charge < -0.3 is 15.6 Å². The second-order valence-corrected chi connectivity index (χ2v) is 5.11. The number of nitrogens with two attached hydrogens (primary N) is 1. The van der Waals surface area contributed by atoms with E-state index in [1.54, 1.807) is 7.11 Å². The number of hydrogen-bond donors (Lipinski definition) is 2. The van der Waals surface area contributed by atoms with E-state index in [1.165, 1.54) is 5.56 Å². The number of aliphatic hydroxyl groups is 1. The van der Waals surface area contributed by atoms with Gasteiger partial charge in [0.2, 0.25) is 0 Å².